The molecule has 1 aromatic rings. The fraction of sp³-hybridized carbons (Fsp3) is 0.692. The number of hydrogen-bond donors (Lipinski definition) is 1. The lowest BCUT2D eigenvalue weighted by Crippen LogP contribution is -2.32. The van der Waals surface area contributed by atoms with Gasteiger partial charge in [-0.05, 0) is 33.2 Å². The number of aromatic nitrogens is 2. The lowest BCUT2D eigenvalue weighted by atomic mass is 9.95. The van der Waals surface area contributed by atoms with E-state index in [1.807, 2.05) is 12.4 Å². The highest BCUT2D eigenvalue weighted by Gasteiger charge is 2.23. The zero-order valence-electron chi connectivity index (χ0n) is 11.2. The molecular weight excluding hydrogens is 214 g/mol. The standard InChI is InChI=1S/C13H23N3O/c1-5-6-16-12(7-13(2,3)17-4)11-8-14-10-15-9-11/h8-10,12,16H,5-7H2,1-4H3. The average Bonchev–Trinajstić information content (AvgIpc) is 2.35. The van der Waals surface area contributed by atoms with Crippen LogP contribution in [0.4, 0.5) is 0 Å². The fourth-order valence-electron chi connectivity index (χ4n) is 1.69. The quantitative estimate of drug-likeness (QED) is 0.790. The maximum absolute atomic E-state index is 5.49. The van der Waals surface area contributed by atoms with Crippen LogP contribution in [-0.2, 0) is 4.74 Å². The van der Waals surface area contributed by atoms with Gasteiger partial charge in [0.2, 0.25) is 0 Å². The van der Waals surface area contributed by atoms with E-state index in [0.29, 0.717) is 0 Å². The van der Waals surface area contributed by atoms with Crippen LogP contribution < -0.4 is 5.32 Å². The van der Waals surface area contributed by atoms with Crippen LogP contribution in [0.2, 0.25) is 0 Å². The maximum atomic E-state index is 5.49. The Morgan fingerprint density at radius 3 is 2.53 bits per heavy atom. The number of ether oxygens (including phenoxy) is 1. The smallest absolute Gasteiger partial charge is 0.115 e. The average molecular weight is 237 g/mol. The number of nitrogens with zero attached hydrogens (tertiary/aromatic N) is 2. The Kier molecular flexibility index (Phi) is 5.51. The third-order valence-corrected chi connectivity index (χ3v) is 2.87. The molecule has 0 saturated carbocycles. The molecule has 0 spiro atoms. The van der Waals surface area contributed by atoms with E-state index in [9.17, 15) is 0 Å². The zero-order valence-corrected chi connectivity index (χ0v) is 11.2. The summed E-state index contributed by atoms with van der Waals surface area (Å²) in [5, 5.41) is 3.52. The molecular formula is C13H23N3O. The summed E-state index contributed by atoms with van der Waals surface area (Å²) < 4.78 is 5.49. The largest absolute Gasteiger partial charge is 0.379 e. The third-order valence-electron chi connectivity index (χ3n) is 2.87. The van der Waals surface area contributed by atoms with Gasteiger partial charge in [0.1, 0.15) is 6.33 Å². The first-order valence-electron chi connectivity index (χ1n) is 6.12. The highest BCUT2D eigenvalue weighted by atomic mass is 16.5. The molecule has 0 fully saturated rings. The lowest BCUT2D eigenvalue weighted by molar-refractivity contribution is 0.00680. The van der Waals surface area contributed by atoms with Crippen LogP contribution in [0.5, 0.6) is 0 Å². The summed E-state index contributed by atoms with van der Waals surface area (Å²) in [5.74, 6) is 0. The van der Waals surface area contributed by atoms with Crippen LogP contribution in [0.3, 0.4) is 0 Å². The summed E-state index contributed by atoms with van der Waals surface area (Å²) in [6.45, 7) is 7.33. The van der Waals surface area contributed by atoms with Gasteiger partial charge in [-0.2, -0.15) is 0 Å². The molecule has 0 radical (unpaired) electrons. The van der Waals surface area contributed by atoms with Gasteiger partial charge in [-0.1, -0.05) is 6.92 Å². The molecule has 0 bridgehead atoms. The SMILES string of the molecule is CCCNC(CC(C)(C)OC)c1cncnc1. The van der Waals surface area contributed by atoms with Crippen molar-refractivity contribution in [1.29, 1.82) is 0 Å². The molecule has 0 aliphatic rings. The number of nitrogens with one attached hydrogen (secondary N) is 1. The van der Waals surface area contributed by atoms with Crippen LogP contribution in [0.15, 0.2) is 18.7 Å². The third kappa shape index (κ3) is 4.79. The van der Waals surface area contributed by atoms with Gasteiger partial charge in [0.25, 0.3) is 0 Å². The Labute approximate surface area is 104 Å². The van der Waals surface area contributed by atoms with Crippen molar-refractivity contribution in [2.45, 2.75) is 45.3 Å². The van der Waals surface area contributed by atoms with Gasteiger partial charge in [-0.3, -0.25) is 0 Å². The van der Waals surface area contributed by atoms with E-state index in [-0.39, 0.29) is 11.6 Å². The van der Waals surface area contributed by atoms with Crippen molar-refractivity contribution < 1.29 is 4.74 Å². The van der Waals surface area contributed by atoms with Gasteiger partial charge < -0.3 is 10.1 Å². The topological polar surface area (TPSA) is 47.0 Å². The Balaban J connectivity index is 2.74. The van der Waals surface area contributed by atoms with E-state index in [1.165, 1.54) is 0 Å². The Bertz CT molecular complexity index is 314. The van der Waals surface area contributed by atoms with Crippen molar-refractivity contribution in [3.63, 3.8) is 0 Å². The highest BCUT2D eigenvalue weighted by molar-refractivity contribution is 5.10. The normalized spacial score (nSPS) is 13.6. The van der Waals surface area contributed by atoms with E-state index >= 15 is 0 Å². The van der Waals surface area contributed by atoms with Crippen LogP contribution in [-0.4, -0.2) is 29.2 Å². The first-order chi connectivity index (χ1) is 8.09. The second-order valence-corrected chi connectivity index (χ2v) is 4.85. The van der Waals surface area contributed by atoms with Crippen molar-refractivity contribution >= 4 is 0 Å². The molecule has 96 valence electrons. The van der Waals surface area contributed by atoms with Crippen molar-refractivity contribution in [3.8, 4) is 0 Å². The van der Waals surface area contributed by atoms with Crippen LogP contribution in [0.25, 0.3) is 0 Å². The molecule has 4 heteroatoms. The van der Waals surface area contributed by atoms with Crippen molar-refractivity contribution in [1.82, 2.24) is 15.3 Å². The van der Waals surface area contributed by atoms with Crippen molar-refractivity contribution in [3.05, 3.63) is 24.3 Å². The van der Waals surface area contributed by atoms with Crippen LogP contribution >= 0.6 is 0 Å². The molecule has 0 amide bonds. The zero-order chi connectivity index (χ0) is 12.7. The van der Waals surface area contributed by atoms with Crippen LogP contribution in [0.1, 0.15) is 45.2 Å². The van der Waals surface area contributed by atoms with E-state index in [2.05, 4.69) is 36.1 Å². The second kappa shape index (κ2) is 6.67. The predicted octanol–water partition coefficient (Wildman–Crippen LogP) is 2.33. The maximum Gasteiger partial charge on any atom is 0.115 e. The molecule has 0 aliphatic carbocycles. The molecule has 0 aliphatic heterocycles. The van der Waals surface area contributed by atoms with Gasteiger partial charge in [0.05, 0.1) is 5.60 Å². The molecule has 1 unspecified atom stereocenters. The van der Waals surface area contributed by atoms with Gasteiger partial charge >= 0.3 is 0 Å². The Morgan fingerprint density at radius 2 is 2.00 bits per heavy atom. The van der Waals surface area contributed by atoms with Gasteiger partial charge in [-0.15, -0.1) is 0 Å². The van der Waals surface area contributed by atoms with Gasteiger partial charge in [-0.25, -0.2) is 9.97 Å². The van der Waals surface area contributed by atoms with Crippen molar-refractivity contribution in [2.75, 3.05) is 13.7 Å². The van der Waals surface area contributed by atoms with E-state index in [1.54, 1.807) is 13.4 Å². The van der Waals surface area contributed by atoms with Gasteiger partial charge in [0.15, 0.2) is 0 Å². The fourth-order valence-corrected chi connectivity index (χ4v) is 1.69. The van der Waals surface area contributed by atoms with E-state index in [0.717, 1.165) is 24.9 Å². The number of methoxy groups -OCH3 is 1. The minimum absolute atomic E-state index is 0.152. The first-order valence-corrected chi connectivity index (χ1v) is 6.12. The summed E-state index contributed by atoms with van der Waals surface area (Å²) in [5.41, 5.74) is 0.965. The highest BCUT2D eigenvalue weighted by Crippen LogP contribution is 2.25. The molecule has 1 aromatic heterocycles. The minimum atomic E-state index is -0.152. The molecule has 1 heterocycles. The van der Waals surface area contributed by atoms with E-state index < -0.39 is 0 Å². The molecule has 0 saturated heterocycles. The van der Waals surface area contributed by atoms with E-state index in [4.69, 9.17) is 4.74 Å². The minimum Gasteiger partial charge on any atom is -0.379 e. The summed E-state index contributed by atoms with van der Waals surface area (Å²) in [6.07, 6.45) is 7.30. The molecule has 4 nitrogen and oxygen atoms in total. The summed E-state index contributed by atoms with van der Waals surface area (Å²) in [7, 11) is 1.75. The molecule has 17 heavy (non-hydrogen) atoms. The first kappa shape index (κ1) is 14.1. The second-order valence-electron chi connectivity index (χ2n) is 4.85. The van der Waals surface area contributed by atoms with Crippen LogP contribution in [0, 0.1) is 0 Å². The Hall–Kier alpha value is -1.00. The van der Waals surface area contributed by atoms with Gasteiger partial charge in [0, 0.05) is 31.1 Å². The summed E-state index contributed by atoms with van der Waals surface area (Å²) in [4.78, 5) is 8.16. The Morgan fingerprint density at radius 1 is 1.35 bits per heavy atom. The monoisotopic (exact) mass is 237 g/mol. The predicted molar refractivity (Wildman–Crippen MR) is 68.8 cm³/mol. The van der Waals surface area contributed by atoms with Crippen molar-refractivity contribution in [2.24, 2.45) is 0 Å². The molecule has 1 rings (SSSR count). The lowest BCUT2D eigenvalue weighted by Gasteiger charge is -2.29. The number of rotatable bonds is 7. The molecule has 1 atom stereocenters. The molecule has 0 aromatic carbocycles. The number of hydrogen-bond acceptors (Lipinski definition) is 4. The summed E-state index contributed by atoms with van der Waals surface area (Å²) in [6, 6.07) is 0.242. The summed E-state index contributed by atoms with van der Waals surface area (Å²) >= 11 is 0. The molecule has 1 N–H and O–H groups in total.